The van der Waals surface area contributed by atoms with Crippen molar-refractivity contribution < 1.29 is 14.6 Å². The first-order valence-electron chi connectivity index (χ1n) is 8.32. The van der Waals surface area contributed by atoms with Crippen molar-refractivity contribution in [1.29, 1.82) is 0 Å². The number of ether oxygens (including phenoxy) is 1. The number of halogens is 2. The van der Waals surface area contributed by atoms with E-state index in [1.54, 1.807) is 6.07 Å². The molecule has 0 aliphatic heterocycles. The first-order chi connectivity index (χ1) is 13.0. The Morgan fingerprint density at radius 3 is 3.00 bits per heavy atom. The fourth-order valence-corrected chi connectivity index (χ4v) is 3.38. The van der Waals surface area contributed by atoms with Gasteiger partial charge in [0.05, 0.1) is 21.6 Å². The third kappa shape index (κ3) is 3.98. The number of carboxylic acid groups (broad SMARTS) is 1. The molecule has 10 heteroatoms. The molecule has 27 heavy (non-hydrogen) atoms. The second-order valence-electron chi connectivity index (χ2n) is 6.34. The van der Waals surface area contributed by atoms with E-state index in [4.69, 9.17) is 21.4 Å². The maximum Gasteiger partial charge on any atom is 0.404 e. The summed E-state index contributed by atoms with van der Waals surface area (Å²) in [7, 11) is 0. The standard InChI is InChI=1S/C17H15BrClN5O3/c18-14-13(4-3-12-15(14)22-23-24(12)8-9-1-2-9)27-16-10(6-21-17(25)26)5-11(19)7-20-16/h3-5,7,9,21H,1-2,6,8H2,(H,25,26). The minimum Gasteiger partial charge on any atom is -0.465 e. The highest BCUT2D eigenvalue weighted by molar-refractivity contribution is 9.10. The second kappa shape index (κ2) is 7.32. The van der Waals surface area contributed by atoms with Crippen LogP contribution in [-0.2, 0) is 13.1 Å². The van der Waals surface area contributed by atoms with E-state index in [1.807, 2.05) is 16.8 Å². The number of rotatable bonds is 6. The lowest BCUT2D eigenvalue weighted by Crippen LogP contribution is -2.20. The maximum absolute atomic E-state index is 10.8. The summed E-state index contributed by atoms with van der Waals surface area (Å²) in [6.07, 6.45) is 2.77. The van der Waals surface area contributed by atoms with E-state index in [9.17, 15) is 4.79 Å². The van der Waals surface area contributed by atoms with Gasteiger partial charge in [-0.1, -0.05) is 16.8 Å². The Kier molecular flexibility index (Phi) is 4.88. The molecule has 1 aromatic carbocycles. The van der Waals surface area contributed by atoms with Crippen molar-refractivity contribution in [2.75, 3.05) is 0 Å². The number of hydrogen-bond donors (Lipinski definition) is 2. The zero-order chi connectivity index (χ0) is 19.0. The van der Waals surface area contributed by atoms with E-state index < -0.39 is 6.09 Å². The summed E-state index contributed by atoms with van der Waals surface area (Å²) in [4.78, 5) is 15.0. The van der Waals surface area contributed by atoms with Gasteiger partial charge in [-0.25, -0.2) is 14.5 Å². The molecule has 0 saturated heterocycles. The Morgan fingerprint density at radius 2 is 2.26 bits per heavy atom. The van der Waals surface area contributed by atoms with Crippen LogP contribution in [0.15, 0.2) is 28.9 Å². The first-order valence-corrected chi connectivity index (χ1v) is 9.49. The molecule has 4 rings (SSSR count). The molecule has 8 nitrogen and oxygen atoms in total. The molecule has 2 heterocycles. The van der Waals surface area contributed by atoms with Gasteiger partial charge in [-0.05, 0) is 52.9 Å². The first kappa shape index (κ1) is 18.0. The van der Waals surface area contributed by atoms with Crippen LogP contribution in [0.3, 0.4) is 0 Å². The summed E-state index contributed by atoms with van der Waals surface area (Å²) in [6.45, 7) is 0.891. The number of carbonyl (C=O) groups is 1. The van der Waals surface area contributed by atoms with Crippen molar-refractivity contribution in [1.82, 2.24) is 25.3 Å². The van der Waals surface area contributed by atoms with Crippen LogP contribution in [0.1, 0.15) is 18.4 Å². The Morgan fingerprint density at radius 1 is 1.44 bits per heavy atom. The summed E-state index contributed by atoms with van der Waals surface area (Å²) in [5.74, 6) is 1.46. The zero-order valence-electron chi connectivity index (χ0n) is 14.0. The molecule has 0 bridgehead atoms. The maximum atomic E-state index is 10.8. The number of hydrogen-bond acceptors (Lipinski definition) is 5. The summed E-state index contributed by atoms with van der Waals surface area (Å²) >= 11 is 9.50. The van der Waals surface area contributed by atoms with Crippen LogP contribution >= 0.6 is 27.5 Å². The summed E-state index contributed by atoms with van der Waals surface area (Å²) in [6, 6.07) is 5.32. The number of nitrogens with zero attached hydrogens (tertiary/aromatic N) is 4. The van der Waals surface area contributed by atoms with Gasteiger partial charge in [-0.3, -0.25) is 0 Å². The molecule has 0 radical (unpaired) electrons. The highest BCUT2D eigenvalue weighted by atomic mass is 79.9. The van der Waals surface area contributed by atoms with Crippen molar-refractivity contribution in [2.24, 2.45) is 5.92 Å². The molecule has 0 unspecified atom stereocenters. The van der Waals surface area contributed by atoms with E-state index in [2.05, 4.69) is 36.5 Å². The van der Waals surface area contributed by atoms with Crippen LogP contribution in [0, 0.1) is 5.92 Å². The SMILES string of the molecule is O=C(O)NCc1cc(Cl)cnc1Oc1ccc2c(nnn2CC2CC2)c1Br. The van der Waals surface area contributed by atoms with E-state index in [-0.39, 0.29) is 12.4 Å². The molecule has 0 atom stereocenters. The second-order valence-corrected chi connectivity index (χ2v) is 7.57. The topological polar surface area (TPSA) is 102 Å². The van der Waals surface area contributed by atoms with Gasteiger partial charge >= 0.3 is 6.09 Å². The molecule has 1 amide bonds. The average molecular weight is 453 g/mol. The van der Waals surface area contributed by atoms with Crippen molar-refractivity contribution in [3.63, 3.8) is 0 Å². The predicted molar refractivity (Wildman–Crippen MR) is 102 cm³/mol. The van der Waals surface area contributed by atoms with Gasteiger partial charge in [-0.2, -0.15) is 0 Å². The van der Waals surface area contributed by atoms with Crippen LogP contribution < -0.4 is 10.1 Å². The fraction of sp³-hybridized carbons (Fsp3) is 0.294. The number of benzene rings is 1. The van der Waals surface area contributed by atoms with Crippen molar-refractivity contribution in [3.8, 4) is 11.6 Å². The lowest BCUT2D eigenvalue weighted by molar-refractivity contribution is 0.194. The molecule has 1 saturated carbocycles. The molecule has 2 aromatic heterocycles. The predicted octanol–water partition coefficient (Wildman–Crippen LogP) is 4.21. The largest absolute Gasteiger partial charge is 0.465 e. The number of fused-ring (bicyclic) bond motifs is 1. The van der Waals surface area contributed by atoms with Gasteiger partial charge in [0.15, 0.2) is 0 Å². The summed E-state index contributed by atoms with van der Waals surface area (Å²) < 4.78 is 8.48. The van der Waals surface area contributed by atoms with E-state index in [0.29, 0.717) is 32.2 Å². The minimum absolute atomic E-state index is 0.0235. The summed E-state index contributed by atoms with van der Waals surface area (Å²) in [5, 5.41) is 20.0. The Labute approximate surface area is 167 Å². The van der Waals surface area contributed by atoms with Gasteiger partial charge in [-0.15, -0.1) is 5.10 Å². The van der Waals surface area contributed by atoms with E-state index in [0.717, 1.165) is 12.1 Å². The highest BCUT2D eigenvalue weighted by Crippen LogP contribution is 2.37. The minimum atomic E-state index is -1.14. The molecule has 1 aliphatic carbocycles. The average Bonchev–Trinajstić information content (AvgIpc) is 3.36. The van der Waals surface area contributed by atoms with Crippen LogP contribution in [0.4, 0.5) is 4.79 Å². The van der Waals surface area contributed by atoms with Gasteiger partial charge in [0.2, 0.25) is 5.88 Å². The molecule has 2 N–H and O–H groups in total. The Balaban J connectivity index is 1.63. The number of pyridine rings is 1. The molecule has 0 spiro atoms. The highest BCUT2D eigenvalue weighted by Gasteiger charge is 2.24. The zero-order valence-corrected chi connectivity index (χ0v) is 16.4. The van der Waals surface area contributed by atoms with E-state index >= 15 is 0 Å². The normalized spacial score (nSPS) is 13.7. The van der Waals surface area contributed by atoms with Crippen molar-refractivity contribution in [2.45, 2.75) is 25.9 Å². The number of aromatic nitrogens is 4. The fourth-order valence-electron chi connectivity index (χ4n) is 2.71. The van der Waals surface area contributed by atoms with Gasteiger partial charge in [0.25, 0.3) is 0 Å². The lowest BCUT2D eigenvalue weighted by atomic mass is 10.2. The van der Waals surface area contributed by atoms with Crippen LogP contribution in [0.2, 0.25) is 5.02 Å². The van der Waals surface area contributed by atoms with Gasteiger partial charge < -0.3 is 15.2 Å². The Bertz CT molecular complexity index is 1020. The van der Waals surface area contributed by atoms with Gasteiger partial charge in [0, 0.05) is 18.3 Å². The van der Waals surface area contributed by atoms with Crippen molar-refractivity contribution in [3.05, 3.63) is 39.5 Å². The number of nitrogens with one attached hydrogen (secondary N) is 1. The van der Waals surface area contributed by atoms with Gasteiger partial charge in [0.1, 0.15) is 11.3 Å². The molecular weight excluding hydrogens is 438 g/mol. The smallest absolute Gasteiger partial charge is 0.404 e. The molecular formula is C17H15BrClN5O3. The summed E-state index contributed by atoms with van der Waals surface area (Å²) in [5.41, 5.74) is 2.15. The van der Waals surface area contributed by atoms with Crippen LogP contribution in [0.25, 0.3) is 11.0 Å². The van der Waals surface area contributed by atoms with Crippen LogP contribution in [-0.4, -0.2) is 31.2 Å². The quantitative estimate of drug-likeness (QED) is 0.581. The van der Waals surface area contributed by atoms with E-state index in [1.165, 1.54) is 19.0 Å². The van der Waals surface area contributed by atoms with Crippen molar-refractivity contribution >= 4 is 44.7 Å². The van der Waals surface area contributed by atoms with Crippen LogP contribution in [0.5, 0.6) is 11.6 Å². The third-order valence-corrected chi connectivity index (χ3v) is 5.22. The molecule has 1 fully saturated rings. The number of amides is 1. The Hall–Kier alpha value is -2.39. The lowest BCUT2D eigenvalue weighted by Gasteiger charge is -2.12. The molecule has 1 aliphatic rings. The third-order valence-electron chi connectivity index (χ3n) is 4.25. The molecule has 3 aromatic rings. The molecule has 140 valence electrons. The monoisotopic (exact) mass is 451 g/mol.